The highest BCUT2D eigenvalue weighted by atomic mass is 16.5. The van der Waals surface area contributed by atoms with Gasteiger partial charge in [-0.25, -0.2) is 0 Å². The van der Waals surface area contributed by atoms with E-state index < -0.39 is 12.1 Å². The molecular formula is C8H12N2O4. The molecule has 6 heteroatoms. The van der Waals surface area contributed by atoms with E-state index in [1.165, 1.54) is 6.26 Å². The van der Waals surface area contributed by atoms with Gasteiger partial charge in [-0.15, -0.1) is 0 Å². The number of aromatic nitrogens is 1. The Morgan fingerprint density at radius 1 is 1.71 bits per heavy atom. The summed E-state index contributed by atoms with van der Waals surface area (Å²) in [5, 5.41) is 24.0. The van der Waals surface area contributed by atoms with Crippen molar-refractivity contribution in [3.8, 4) is 0 Å². The second-order valence-electron chi connectivity index (χ2n) is 2.87. The van der Waals surface area contributed by atoms with E-state index >= 15 is 0 Å². The summed E-state index contributed by atoms with van der Waals surface area (Å²) in [6.07, 6.45) is 0.315. The molecule has 6 nitrogen and oxygen atoms in total. The van der Waals surface area contributed by atoms with Crippen LogP contribution in [0.5, 0.6) is 0 Å². The predicted octanol–water partition coefficient (Wildman–Crippen LogP) is -0.400. The quantitative estimate of drug-likeness (QED) is 0.578. The number of hydrogen-bond acceptors (Lipinski definition) is 5. The molecule has 0 saturated carbocycles. The monoisotopic (exact) mass is 200 g/mol. The zero-order chi connectivity index (χ0) is 10.4. The van der Waals surface area contributed by atoms with Crippen molar-refractivity contribution in [1.29, 1.82) is 0 Å². The van der Waals surface area contributed by atoms with Gasteiger partial charge in [-0.1, -0.05) is 5.16 Å². The number of aliphatic hydroxyl groups is 1. The van der Waals surface area contributed by atoms with Gasteiger partial charge in [0, 0.05) is 19.2 Å². The van der Waals surface area contributed by atoms with E-state index in [2.05, 4.69) is 15.0 Å². The molecular weight excluding hydrogens is 188 g/mol. The first-order chi connectivity index (χ1) is 6.68. The minimum absolute atomic E-state index is 0.221. The molecule has 0 saturated heterocycles. The van der Waals surface area contributed by atoms with Gasteiger partial charge in [0.2, 0.25) is 0 Å². The van der Waals surface area contributed by atoms with Crippen LogP contribution in [0.1, 0.15) is 12.1 Å². The summed E-state index contributed by atoms with van der Waals surface area (Å²) in [6, 6.07) is 1.69. The third-order valence-electron chi connectivity index (χ3n) is 1.59. The van der Waals surface area contributed by atoms with E-state index in [1.54, 1.807) is 6.07 Å². The Labute approximate surface area is 80.5 Å². The maximum absolute atomic E-state index is 10.2. The minimum Gasteiger partial charge on any atom is -0.481 e. The van der Waals surface area contributed by atoms with Crippen LogP contribution in [0.15, 0.2) is 16.9 Å². The number of aliphatic carboxylic acids is 1. The van der Waals surface area contributed by atoms with Crippen molar-refractivity contribution in [2.75, 3.05) is 6.54 Å². The SMILES string of the molecule is O=C(O)CC(O)CNCc1ccon1. The van der Waals surface area contributed by atoms with Crippen molar-refractivity contribution >= 4 is 5.97 Å². The number of carboxylic acids is 1. The van der Waals surface area contributed by atoms with Gasteiger partial charge in [0.1, 0.15) is 6.26 Å². The normalized spacial score (nSPS) is 12.6. The van der Waals surface area contributed by atoms with Crippen molar-refractivity contribution in [2.24, 2.45) is 0 Å². The van der Waals surface area contributed by atoms with Crippen LogP contribution < -0.4 is 5.32 Å². The van der Waals surface area contributed by atoms with E-state index in [-0.39, 0.29) is 13.0 Å². The highest BCUT2D eigenvalue weighted by molar-refractivity contribution is 5.67. The van der Waals surface area contributed by atoms with Gasteiger partial charge in [0.25, 0.3) is 0 Å². The smallest absolute Gasteiger partial charge is 0.306 e. The largest absolute Gasteiger partial charge is 0.481 e. The number of aliphatic hydroxyl groups excluding tert-OH is 1. The molecule has 1 rings (SSSR count). The number of hydrogen-bond donors (Lipinski definition) is 3. The second kappa shape index (κ2) is 5.36. The van der Waals surface area contributed by atoms with Crippen LogP contribution in [0.3, 0.4) is 0 Å². The summed E-state index contributed by atoms with van der Waals surface area (Å²) in [7, 11) is 0. The number of nitrogens with one attached hydrogen (secondary N) is 1. The molecule has 0 aliphatic heterocycles. The van der Waals surface area contributed by atoms with Crippen molar-refractivity contribution in [3.05, 3.63) is 18.0 Å². The molecule has 0 bridgehead atoms. The molecule has 0 radical (unpaired) electrons. The van der Waals surface area contributed by atoms with E-state index in [1.807, 2.05) is 0 Å². The summed E-state index contributed by atoms with van der Waals surface area (Å²) in [5.41, 5.74) is 0.715. The van der Waals surface area contributed by atoms with E-state index in [4.69, 9.17) is 10.2 Å². The second-order valence-corrected chi connectivity index (χ2v) is 2.87. The Bertz CT molecular complexity index is 273. The fraction of sp³-hybridized carbons (Fsp3) is 0.500. The van der Waals surface area contributed by atoms with Crippen LogP contribution in [0.25, 0.3) is 0 Å². The van der Waals surface area contributed by atoms with Gasteiger partial charge >= 0.3 is 5.97 Å². The van der Waals surface area contributed by atoms with Crippen LogP contribution in [-0.4, -0.2) is 34.0 Å². The third-order valence-corrected chi connectivity index (χ3v) is 1.59. The van der Waals surface area contributed by atoms with E-state index in [0.29, 0.717) is 12.2 Å². The average molecular weight is 200 g/mol. The highest BCUT2D eigenvalue weighted by Crippen LogP contribution is 1.94. The minimum atomic E-state index is -1.01. The van der Waals surface area contributed by atoms with Gasteiger partial charge < -0.3 is 20.1 Å². The number of rotatable bonds is 6. The van der Waals surface area contributed by atoms with Crippen LogP contribution in [0.4, 0.5) is 0 Å². The zero-order valence-corrected chi connectivity index (χ0v) is 7.51. The lowest BCUT2D eigenvalue weighted by molar-refractivity contribution is -0.139. The molecule has 1 atom stereocenters. The lowest BCUT2D eigenvalue weighted by atomic mass is 10.2. The fourth-order valence-corrected chi connectivity index (χ4v) is 0.969. The summed E-state index contributed by atoms with van der Waals surface area (Å²) >= 11 is 0. The third kappa shape index (κ3) is 4.01. The molecule has 0 aliphatic carbocycles. The van der Waals surface area contributed by atoms with Crippen LogP contribution >= 0.6 is 0 Å². The highest BCUT2D eigenvalue weighted by Gasteiger charge is 2.08. The zero-order valence-electron chi connectivity index (χ0n) is 7.51. The van der Waals surface area contributed by atoms with Crippen molar-refractivity contribution in [3.63, 3.8) is 0 Å². The fourth-order valence-electron chi connectivity index (χ4n) is 0.969. The van der Waals surface area contributed by atoms with E-state index in [9.17, 15) is 4.79 Å². The van der Waals surface area contributed by atoms with Gasteiger partial charge in [0.05, 0.1) is 18.2 Å². The molecule has 1 aromatic heterocycles. The maximum Gasteiger partial charge on any atom is 0.306 e. The molecule has 3 N–H and O–H groups in total. The van der Waals surface area contributed by atoms with Crippen LogP contribution in [-0.2, 0) is 11.3 Å². The standard InChI is InChI=1S/C8H12N2O4/c11-7(3-8(12)13)5-9-4-6-1-2-14-10-6/h1-2,7,9,11H,3-5H2,(H,12,13). The molecule has 0 spiro atoms. The van der Waals surface area contributed by atoms with E-state index in [0.717, 1.165) is 0 Å². The Kier molecular flexibility index (Phi) is 4.09. The number of nitrogens with zero attached hydrogens (tertiary/aromatic N) is 1. The number of carboxylic acid groups (broad SMARTS) is 1. The summed E-state index contributed by atoms with van der Waals surface area (Å²) < 4.78 is 4.59. The molecule has 14 heavy (non-hydrogen) atoms. The summed E-state index contributed by atoms with van der Waals surface area (Å²) in [5.74, 6) is -1.01. The topological polar surface area (TPSA) is 95.6 Å². The van der Waals surface area contributed by atoms with Gasteiger partial charge in [0.15, 0.2) is 0 Å². The first-order valence-corrected chi connectivity index (χ1v) is 4.18. The average Bonchev–Trinajstić information content (AvgIpc) is 2.55. The van der Waals surface area contributed by atoms with Crippen LogP contribution in [0, 0.1) is 0 Å². The maximum atomic E-state index is 10.2. The lowest BCUT2D eigenvalue weighted by Crippen LogP contribution is -2.28. The Balaban J connectivity index is 2.12. The number of carbonyl (C=O) groups is 1. The van der Waals surface area contributed by atoms with Gasteiger partial charge in [-0.2, -0.15) is 0 Å². The van der Waals surface area contributed by atoms with Crippen molar-refractivity contribution < 1.29 is 19.5 Å². The molecule has 1 unspecified atom stereocenters. The molecule has 78 valence electrons. The molecule has 0 fully saturated rings. The first kappa shape index (κ1) is 10.7. The Morgan fingerprint density at radius 3 is 3.07 bits per heavy atom. The molecule has 0 amide bonds. The first-order valence-electron chi connectivity index (χ1n) is 4.18. The van der Waals surface area contributed by atoms with Crippen molar-refractivity contribution in [1.82, 2.24) is 10.5 Å². The molecule has 1 aromatic rings. The summed E-state index contributed by atoms with van der Waals surface area (Å²) in [6.45, 7) is 0.673. The van der Waals surface area contributed by atoms with Crippen molar-refractivity contribution in [2.45, 2.75) is 19.1 Å². The Morgan fingerprint density at radius 2 is 2.50 bits per heavy atom. The van der Waals surface area contributed by atoms with Gasteiger partial charge in [-0.05, 0) is 0 Å². The summed E-state index contributed by atoms with van der Waals surface area (Å²) in [4.78, 5) is 10.2. The molecule has 1 heterocycles. The Hall–Kier alpha value is -1.40. The van der Waals surface area contributed by atoms with Gasteiger partial charge in [-0.3, -0.25) is 4.79 Å². The molecule has 0 aliphatic rings. The van der Waals surface area contributed by atoms with Crippen LogP contribution in [0.2, 0.25) is 0 Å². The lowest BCUT2D eigenvalue weighted by Gasteiger charge is -2.07. The molecule has 0 aromatic carbocycles. The predicted molar refractivity (Wildman–Crippen MR) is 46.5 cm³/mol.